The molecule has 5 rings (SSSR count). The SMILES string of the molecule is COc1cc2c(cc1OC)C(c1cccs1)N(C(=O)C1Cc3ccccc31)CC2. The summed E-state index contributed by atoms with van der Waals surface area (Å²) in [5.74, 6) is 1.64. The first kappa shape index (κ1) is 18.3. The van der Waals surface area contributed by atoms with Crippen molar-refractivity contribution in [2.75, 3.05) is 20.8 Å². The van der Waals surface area contributed by atoms with E-state index in [4.69, 9.17) is 9.47 Å². The summed E-state index contributed by atoms with van der Waals surface area (Å²) in [6.45, 7) is 0.711. The minimum atomic E-state index is -0.0844. The lowest BCUT2D eigenvalue weighted by Crippen LogP contribution is -2.45. The lowest BCUT2D eigenvalue weighted by Gasteiger charge is -2.41. The van der Waals surface area contributed by atoms with E-state index in [1.165, 1.54) is 21.6 Å². The van der Waals surface area contributed by atoms with E-state index < -0.39 is 0 Å². The Balaban J connectivity index is 1.56. The van der Waals surface area contributed by atoms with Crippen molar-refractivity contribution in [3.05, 3.63) is 81.0 Å². The number of amides is 1. The van der Waals surface area contributed by atoms with E-state index in [0.29, 0.717) is 12.3 Å². The Kier molecular flexibility index (Phi) is 4.55. The van der Waals surface area contributed by atoms with Crippen LogP contribution in [0, 0.1) is 0 Å². The average Bonchev–Trinajstić information content (AvgIpc) is 3.27. The number of hydrogen-bond acceptors (Lipinski definition) is 4. The first-order valence-corrected chi connectivity index (χ1v) is 10.8. The van der Waals surface area contributed by atoms with Gasteiger partial charge in [0.15, 0.2) is 11.5 Å². The number of benzene rings is 2. The number of carbonyl (C=O) groups excluding carboxylic acids is 1. The molecule has 1 aliphatic carbocycles. The number of thiophene rings is 1. The normalized spacial score (nSPS) is 19.7. The zero-order valence-corrected chi connectivity index (χ0v) is 17.4. The molecule has 0 radical (unpaired) electrons. The summed E-state index contributed by atoms with van der Waals surface area (Å²) in [5.41, 5.74) is 4.83. The molecule has 4 nitrogen and oxygen atoms in total. The number of carbonyl (C=O) groups is 1. The fraction of sp³-hybridized carbons (Fsp3) is 0.292. The maximum atomic E-state index is 13.6. The third-order valence-electron chi connectivity index (χ3n) is 6.12. The molecular weight excluding hydrogens is 382 g/mol. The van der Waals surface area contributed by atoms with E-state index in [9.17, 15) is 4.79 Å². The van der Waals surface area contributed by atoms with Crippen molar-refractivity contribution in [1.82, 2.24) is 4.90 Å². The van der Waals surface area contributed by atoms with E-state index in [-0.39, 0.29) is 17.9 Å². The summed E-state index contributed by atoms with van der Waals surface area (Å²) in [6, 6.07) is 16.5. The van der Waals surface area contributed by atoms with Crippen molar-refractivity contribution in [2.45, 2.75) is 24.8 Å². The standard InChI is InChI=1S/C24H23NO3S/c1-27-20-13-16-9-10-25(24(26)19-12-15-6-3-4-7-17(15)19)23(22-8-5-11-29-22)18(16)14-21(20)28-2/h3-8,11,13-14,19,23H,9-10,12H2,1-2H3. The molecule has 2 aromatic carbocycles. The summed E-state index contributed by atoms with van der Waals surface area (Å²) >= 11 is 1.69. The highest BCUT2D eigenvalue weighted by Crippen LogP contribution is 2.45. The minimum absolute atomic E-state index is 0.0321. The van der Waals surface area contributed by atoms with Crippen LogP contribution in [-0.4, -0.2) is 31.6 Å². The van der Waals surface area contributed by atoms with Crippen LogP contribution in [0.5, 0.6) is 11.5 Å². The highest BCUT2D eigenvalue weighted by Gasteiger charge is 2.40. The van der Waals surface area contributed by atoms with Gasteiger partial charge in [-0.25, -0.2) is 0 Å². The summed E-state index contributed by atoms with van der Waals surface area (Å²) in [6.07, 6.45) is 1.65. The lowest BCUT2D eigenvalue weighted by molar-refractivity contribution is -0.135. The van der Waals surface area contributed by atoms with Gasteiger partial charge in [0.2, 0.25) is 5.91 Å². The third kappa shape index (κ3) is 2.92. The van der Waals surface area contributed by atoms with Crippen LogP contribution in [-0.2, 0) is 17.6 Å². The van der Waals surface area contributed by atoms with Crippen LogP contribution in [0.4, 0.5) is 0 Å². The van der Waals surface area contributed by atoms with Gasteiger partial charge in [0.1, 0.15) is 0 Å². The molecule has 2 atom stereocenters. The van der Waals surface area contributed by atoms with Gasteiger partial charge >= 0.3 is 0 Å². The van der Waals surface area contributed by atoms with Crippen molar-refractivity contribution in [2.24, 2.45) is 0 Å². The summed E-state index contributed by atoms with van der Waals surface area (Å²) in [4.78, 5) is 16.9. The van der Waals surface area contributed by atoms with Gasteiger partial charge < -0.3 is 14.4 Å². The Morgan fingerprint density at radius 2 is 1.79 bits per heavy atom. The summed E-state index contributed by atoms with van der Waals surface area (Å²) in [7, 11) is 3.31. The average molecular weight is 406 g/mol. The van der Waals surface area contributed by atoms with Crippen molar-refractivity contribution in [1.29, 1.82) is 0 Å². The number of ether oxygens (including phenoxy) is 2. The Morgan fingerprint density at radius 3 is 2.52 bits per heavy atom. The number of rotatable bonds is 4. The molecule has 0 bridgehead atoms. The van der Waals surface area contributed by atoms with Crippen LogP contribution < -0.4 is 9.47 Å². The number of hydrogen-bond donors (Lipinski definition) is 0. The van der Waals surface area contributed by atoms with Crippen LogP contribution >= 0.6 is 11.3 Å². The van der Waals surface area contributed by atoms with Gasteiger partial charge in [0, 0.05) is 11.4 Å². The molecule has 1 amide bonds. The van der Waals surface area contributed by atoms with Gasteiger partial charge in [-0.05, 0) is 58.7 Å². The van der Waals surface area contributed by atoms with Gasteiger partial charge in [0.05, 0.1) is 26.2 Å². The van der Waals surface area contributed by atoms with Crippen molar-refractivity contribution < 1.29 is 14.3 Å². The van der Waals surface area contributed by atoms with Gasteiger partial charge in [-0.3, -0.25) is 4.79 Å². The van der Waals surface area contributed by atoms with E-state index in [1.807, 2.05) is 18.2 Å². The number of methoxy groups -OCH3 is 2. The fourth-order valence-electron chi connectivity index (χ4n) is 4.62. The number of fused-ring (bicyclic) bond motifs is 2. The Morgan fingerprint density at radius 1 is 1.00 bits per heavy atom. The largest absolute Gasteiger partial charge is 0.493 e. The van der Waals surface area contributed by atoms with Crippen molar-refractivity contribution in [3.63, 3.8) is 0 Å². The molecule has 0 N–H and O–H groups in total. The summed E-state index contributed by atoms with van der Waals surface area (Å²) < 4.78 is 11.1. The molecule has 1 aliphatic heterocycles. The van der Waals surface area contributed by atoms with Gasteiger partial charge in [0.25, 0.3) is 0 Å². The number of nitrogens with zero attached hydrogens (tertiary/aromatic N) is 1. The molecule has 1 aromatic heterocycles. The first-order valence-electron chi connectivity index (χ1n) is 9.87. The smallest absolute Gasteiger partial charge is 0.231 e. The Labute approximate surface area is 174 Å². The van der Waals surface area contributed by atoms with Crippen molar-refractivity contribution >= 4 is 17.2 Å². The van der Waals surface area contributed by atoms with E-state index in [1.54, 1.807) is 25.6 Å². The predicted molar refractivity (Wildman–Crippen MR) is 114 cm³/mol. The summed E-state index contributed by atoms with van der Waals surface area (Å²) in [5, 5.41) is 2.08. The minimum Gasteiger partial charge on any atom is -0.493 e. The highest BCUT2D eigenvalue weighted by atomic mass is 32.1. The molecule has 0 fully saturated rings. The Bertz CT molecular complexity index is 1060. The van der Waals surface area contributed by atoms with Crippen LogP contribution in [0.2, 0.25) is 0 Å². The second kappa shape index (κ2) is 7.23. The van der Waals surface area contributed by atoms with Crippen LogP contribution in [0.15, 0.2) is 53.9 Å². The highest BCUT2D eigenvalue weighted by molar-refractivity contribution is 7.10. The lowest BCUT2D eigenvalue weighted by atomic mass is 9.76. The second-order valence-corrected chi connectivity index (χ2v) is 8.54. The van der Waals surface area contributed by atoms with E-state index in [2.05, 4.69) is 40.6 Å². The topological polar surface area (TPSA) is 38.8 Å². The molecule has 148 valence electrons. The molecule has 0 saturated carbocycles. The van der Waals surface area contributed by atoms with Crippen molar-refractivity contribution in [3.8, 4) is 11.5 Å². The molecule has 0 spiro atoms. The molecule has 2 heterocycles. The molecule has 2 unspecified atom stereocenters. The van der Waals surface area contributed by atoms with E-state index >= 15 is 0 Å². The zero-order valence-electron chi connectivity index (χ0n) is 16.6. The first-order chi connectivity index (χ1) is 14.2. The maximum Gasteiger partial charge on any atom is 0.231 e. The molecular formula is C24H23NO3S. The monoisotopic (exact) mass is 405 g/mol. The third-order valence-corrected chi connectivity index (χ3v) is 7.05. The molecule has 29 heavy (non-hydrogen) atoms. The quantitative estimate of drug-likeness (QED) is 0.638. The van der Waals surface area contributed by atoms with Gasteiger partial charge in [-0.15, -0.1) is 11.3 Å². The molecule has 0 saturated heterocycles. The fourth-order valence-corrected chi connectivity index (χ4v) is 5.47. The molecule has 5 heteroatoms. The zero-order chi connectivity index (χ0) is 20.0. The van der Waals surface area contributed by atoms with Crippen LogP contribution in [0.25, 0.3) is 0 Å². The van der Waals surface area contributed by atoms with E-state index in [0.717, 1.165) is 24.2 Å². The molecule has 3 aromatic rings. The van der Waals surface area contributed by atoms with Crippen LogP contribution in [0.1, 0.15) is 39.1 Å². The van der Waals surface area contributed by atoms with Gasteiger partial charge in [-0.1, -0.05) is 30.3 Å². The second-order valence-electron chi connectivity index (χ2n) is 7.56. The predicted octanol–water partition coefficient (Wildman–Crippen LogP) is 4.58. The van der Waals surface area contributed by atoms with Gasteiger partial charge in [-0.2, -0.15) is 0 Å². The molecule has 2 aliphatic rings. The Hall–Kier alpha value is -2.79. The maximum absolute atomic E-state index is 13.6. The van der Waals surface area contributed by atoms with Crippen LogP contribution in [0.3, 0.4) is 0 Å².